The van der Waals surface area contributed by atoms with Crippen LogP contribution in [0.15, 0.2) is 30.3 Å². The van der Waals surface area contributed by atoms with Crippen LogP contribution in [0.1, 0.15) is 46.1 Å². The van der Waals surface area contributed by atoms with Gasteiger partial charge in [-0.3, -0.25) is 4.79 Å². The number of nitrogens with zero attached hydrogens (tertiary/aromatic N) is 1. The number of urea groups is 1. The van der Waals surface area contributed by atoms with Crippen molar-refractivity contribution in [3.63, 3.8) is 0 Å². The highest BCUT2D eigenvalue weighted by atomic mass is 16.5. The van der Waals surface area contributed by atoms with Crippen molar-refractivity contribution in [2.75, 3.05) is 19.7 Å². The van der Waals surface area contributed by atoms with Crippen LogP contribution in [-0.2, 0) is 14.9 Å². The molecule has 2 rings (SSSR count). The lowest BCUT2D eigenvalue weighted by Gasteiger charge is -2.36. The molecule has 0 spiro atoms. The van der Waals surface area contributed by atoms with Crippen LogP contribution in [0.3, 0.4) is 0 Å². The minimum atomic E-state index is -0.166. The first-order valence-electron chi connectivity index (χ1n) is 9.13. The van der Waals surface area contributed by atoms with Gasteiger partial charge in [0.15, 0.2) is 0 Å². The molecule has 5 heteroatoms. The zero-order valence-corrected chi connectivity index (χ0v) is 15.7. The second kappa shape index (κ2) is 8.37. The van der Waals surface area contributed by atoms with E-state index in [-0.39, 0.29) is 29.4 Å². The molecule has 0 saturated carbocycles. The molecule has 1 atom stereocenters. The van der Waals surface area contributed by atoms with Crippen molar-refractivity contribution >= 4 is 12.0 Å². The van der Waals surface area contributed by atoms with E-state index in [1.165, 1.54) is 5.56 Å². The zero-order chi connectivity index (χ0) is 18.4. The van der Waals surface area contributed by atoms with Gasteiger partial charge in [0, 0.05) is 24.5 Å². The van der Waals surface area contributed by atoms with Gasteiger partial charge in [-0.05, 0) is 32.3 Å². The Kier molecular flexibility index (Phi) is 6.45. The molecule has 1 aromatic carbocycles. The second-order valence-electron chi connectivity index (χ2n) is 7.27. The maximum Gasteiger partial charge on any atom is 0.317 e. The third-order valence-electron chi connectivity index (χ3n) is 5.34. The van der Waals surface area contributed by atoms with Gasteiger partial charge in [0.2, 0.25) is 0 Å². The molecule has 1 aromatic rings. The fourth-order valence-corrected chi connectivity index (χ4v) is 3.15. The van der Waals surface area contributed by atoms with E-state index in [0.29, 0.717) is 32.5 Å². The number of piperidine rings is 1. The van der Waals surface area contributed by atoms with Crippen molar-refractivity contribution in [2.24, 2.45) is 5.92 Å². The fourth-order valence-electron chi connectivity index (χ4n) is 3.15. The minimum Gasteiger partial charge on any atom is -0.466 e. The summed E-state index contributed by atoms with van der Waals surface area (Å²) in [6.45, 7) is 9.72. The van der Waals surface area contributed by atoms with E-state index in [2.05, 4.69) is 31.3 Å². The van der Waals surface area contributed by atoms with Crippen LogP contribution < -0.4 is 5.32 Å². The van der Waals surface area contributed by atoms with Crippen molar-refractivity contribution in [1.29, 1.82) is 0 Å². The van der Waals surface area contributed by atoms with E-state index in [1.807, 2.05) is 32.0 Å². The Morgan fingerprint density at radius 2 is 1.84 bits per heavy atom. The quantitative estimate of drug-likeness (QED) is 0.832. The van der Waals surface area contributed by atoms with Gasteiger partial charge in [-0.1, -0.05) is 44.2 Å². The summed E-state index contributed by atoms with van der Waals surface area (Å²) in [5.41, 5.74) is 1.03. The van der Waals surface area contributed by atoms with Crippen molar-refractivity contribution in [3.8, 4) is 0 Å². The fraction of sp³-hybridized carbons (Fsp3) is 0.600. The molecule has 25 heavy (non-hydrogen) atoms. The Hall–Kier alpha value is -2.04. The highest BCUT2D eigenvalue weighted by molar-refractivity contribution is 5.76. The lowest BCUT2D eigenvalue weighted by Crippen LogP contribution is -2.52. The van der Waals surface area contributed by atoms with Crippen molar-refractivity contribution in [3.05, 3.63) is 35.9 Å². The van der Waals surface area contributed by atoms with Crippen LogP contribution in [0.4, 0.5) is 4.79 Å². The summed E-state index contributed by atoms with van der Waals surface area (Å²) in [6, 6.07) is 10.2. The molecule has 1 aliphatic heterocycles. The van der Waals surface area contributed by atoms with Gasteiger partial charge in [-0.15, -0.1) is 0 Å². The number of hydrogen-bond acceptors (Lipinski definition) is 3. The number of benzene rings is 1. The topological polar surface area (TPSA) is 58.6 Å². The van der Waals surface area contributed by atoms with Crippen LogP contribution in [0.5, 0.6) is 0 Å². The smallest absolute Gasteiger partial charge is 0.317 e. The molecular formula is C20H30N2O3. The zero-order valence-electron chi connectivity index (χ0n) is 15.7. The van der Waals surface area contributed by atoms with Crippen LogP contribution in [-0.4, -0.2) is 42.6 Å². The SMILES string of the molecule is CCOC(=O)C1CCN(C(=O)NC(C)C(C)(C)c2ccccc2)CC1. The van der Waals surface area contributed by atoms with Gasteiger partial charge in [0.1, 0.15) is 0 Å². The van der Waals surface area contributed by atoms with E-state index in [9.17, 15) is 9.59 Å². The number of carbonyl (C=O) groups excluding carboxylic acids is 2. The predicted molar refractivity (Wildman–Crippen MR) is 98.4 cm³/mol. The largest absolute Gasteiger partial charge is 0.466 e. The monoisotopic (exact) mass is 346 g/mol. The van der Waals surface area contributed by atoms with Crippen molar-refractivity contribution in [1.82, 2.24) is 10.2 Å². The van der Waals surface area contributed by atoms with Crippen LogP contribution in [0.25, 0.3) is 0 Å². The molecule has 1 heterocycles. The number of likely N-dealkylation sites (tertiary alicyclic amines) is 1. The molecule has 1 N–H and O–H groups in total. The normalized spacial score (nSPS) is 17.0. The molecular weight excluding hydrogens is 316 g/mol. The summed E-state index contributed by atoms with van der Waals surface area (Å²) in [5.74, 6) is -0.219. The standard InChI is InChI=1S/C20H30N2O3/c1-5-25-18(23)16-11-13-22(14-12-16)19(24)21-15(2)20(3,4)17-9-7-6-8-10-17/h6-10,15-16H,5,11-14H2,1-4H3,(H,21,24). The van der Waals surface area contributed by atoms with Crippen molar-refractivity contribution in [2.45, 2.75) is 52.0 Å². The summed E-state index contributed by atoms with van der Waals surface area (Å²) in [5, 5.41) is 3.13. The lowest BCUT2D eigenvalue weighted by atomic mass is 9.78. The van der Waals surface area contributed by atoms with E-state index in [4.69, 9.17) is 4.74 Å². The second-order valence-corrected chi connectivity index (χ2v) is 7.27. The van der Waals surface area contributed by atoms with Gasteiger partial charge in [0.25, 0.3) is 0 Å². The summed E-state index contributed by atoms with van der Waals surface area (Å²) >= 11 is 0. The number of nitrogens with one attached hydrogen (secondary N) is 1. The molecule has 1 aliphatic rings. The van der Waals surface area contributed by atoms with Gasteiger partial charge >= 0.3 is 12.0 Å². The first-order chi connectivity index (χ1) is 11.9. The highest BCUT2D eigenvalue weighted by Crippen LogP contribution is 2.27. The molecule has 1 unspecified atom stereocenters. The van der Waals surface area contributed by atoms with Gasteiger partial charge < -0.3 is 15.0 Å². The highest BCUT2D eigenvalue weighted by Gasteiger charge is 2.32. The van der Waals surface area contributed by atoms with Gasteiger partial charge in [-0.25, -0.2) is 4.79 Å². The molecule has 1 fully saturated rings. The van der Waals surface area contributed by atoms with E-state index < -0.39 is 0 Å². The molecule has 0 radical (unpaired) electrons. The third kappa shape index (κ3) is 4.74. The van der Waals surface area contributed by atoms with Crippen LogP contribution >= 0.6 is 0 Å². The molecule has 138 valence electrons. The Labute approximate surface area is 150 Å². The van der Waals surface area contributed by atoms with Crippen LogP contribution in [0.2, 0.25) is 0 Å². The lowest BCUT2D eigenvalue weighted by molar-refractivity contribution is -0.149. The van der Waals surface area contributed by atoms with Gasteiger partial charge in [-0.2, -0.15) is 0 Å². The number of ether oxygens (including phenoxy) is 1. The van der Waals surface area contributed by atoms with E-state index >= 15 is 0 Å². The Bertz CT molecular complexity index is 578. The molecule has 2 amide bonds. The maximum atomic E-state index is 12.6. The van der Waals surface area contributed by atoms with Gasteiger partial charge in [0.05, 0.1) is 12.5 Å². The summed E-state index contributed by atoms with van der Waals surface area (Å²) in [4.78, 5) is 26.2. The molecule has 0 aliphatic carbocycles. The average Bonchev–Trinajstić information content (AvgIpc) is 2.62. The average molecular weight is 346 g/mol. The molecule has 0 bridgehead atoms. The Balaban J connectivity index is 1.89. The minimum absolute atomic E-state index is 0.00909. The predicted octanol–water partition coefficient (Wildman–Crippen LogP) is 3.34. The molecule has 0 aromatic heterocycles. The van der Waals surface area contributed by atoms with Crippen molar-refractivity contribution < 1.29 is 14.3 Å². The number of esters is 1. The van der Waals surface area contributed by atoms with E-state index in [0.717, 1.165) is 0 Å². The maximum absolute atomic E-state index is 12.6. The number of hydrogen-bond donors (Lipinski definition) is 1. The number of rotatable bonds is 5. The third-order valence-corrected chi connectivity index (χ3v) is 5.34. The molecule has 5 nitrogen and oxygen atoms in total. The first kappa shape index (κ1) is 19.3. The Morgan fingerprint density at radius 1 is 1.24 bits per heavy atom. The first-order valence-corrected chi connectivity index (χ1v) is 9.13. The molecule has 1 saturated heterocycles. The number of amides is 2. The van der Waals surface area contributed by atoms with Crippen LogP contribution in [0, 0.1) is 5.92 Å². The Morgan fingerprint density at radius 3 is 2.40 bits per heavy atom. The summed E-state index contributed by atoms with van der Waals surface area (Å²) in [7, 11) is 0. The number of carbonyl (C=O) groups is 2. The summed E-state index contributed by atoms with van der Waals surface area (Å²) in [6.07, 6.45) is 1.34. The summed E-state index contributed by atoms with van der Waals surface area (Å²) < 4.78 is 5.08. The van der Waals surface area contributed by atoms with E-state index in [1.54, 1.807) is 4.90 Å².